The average Bonchev–Trinajstić information content (AvgIpc) is 3.09. The molecule has 1 saturated heterocycles. The van der Waals surface area contributed by atoms with E-state index in [1.165, 1.54) is 0 Å². The van der Waals surface area contributed by atoms with Crippen LogP contribution in [0.4, 0.5) is 4.79 Å². The van der Waals surface area contributed by atoms with Crippen LogP contribution < -0.4 is 5.32 Å². The second-order valence-electron chi connectivity index (χ2n) is 6.60. The third kappa shape index (κ3) is 3.86. The number of carbonyl (C=O) groups is 1. The van der Waals surface area contributed by atoms with Gasteiger partial charge in [0.25, 0.3) is 0 Å². The number of benzene rings is 3. The Morgan fingerprint density at radius 1 is 0.815 bits per heavy atom. The van der Waals surface area contributed by atoms with Crippen molar-refractivity contribution in [3.05, 3.63) is 107 Å². The number of aryl methyl sites for hydroxylation is 1. The maximum atomic E-state index is 11.9. The summed E-state index contributed by atoms with van der Waals surface area (Å²) >= 11 is 0. The summed E-state index contributed by atoms with van der Waals surface area (Å²) in [4.78, 5) is 11.9. The predicted octanol–water partition coefficient (Wildman–Crippen LogP) is 4.92. The van der Waals surface area contributed by atoms with Crippen molar-refractivity contribution < 1.29 is 9.53 Å². The quantitative estimate of drug-likeness (QED) is 0.664. The lowest BCUT2D eigenvalue weighted by Crippen LogP contribution is -2.19. The van der Waals surface area contributed by atoms with Gasteiger partial charge in [-0.1, -0.05) is 72.0 Å². The Hall–Kier alpha value is -3.51. The van der Waals surface area contributed by atoms with Crippen molar-refractivity contribution in [1.29, 1.82) is 0 Å². The van der Waals surface area contributed by atoms with E-state index in [2.05, 4.69) is 23.2 Å². The van der Waals surface area contributed by atoms with E-state index in [4.69, 9.17) is 4.74 Å². The number of cyclic esters (lactones) is 1. The van der Waals surface area contributed by atoms with Crippen molar-refractivity contribution in [1.82, 2.24) is 5.32 Å². The Bertz CT molecular complexity index is 1030. The van der Waals surface area contributed by atoms with Gasteiger partial charge in [-0.2, -0.15) is 0 Å². The van der Waals surface area contributed by atoms with Crippen molar-refractivity contribution in [2.75, 3.05) is 0 Å². The first-order chi connectivity index (χ1) is 13.2. The Balaban J connectivity index is 1.64. The molecule has 3 nitrogen and oxygen atoms in total. The van der Waals surface area contributed by atoms with Crippen LogP contribution in [-0.4, -0.2) is 6.09 Å². The van der Waals surface area contributed by atoms with Crippen molar-refractivity contribution in [2.45, 2.75) is 19.1 Å². The number of alkyl carbamates (subject to hydrolysis) is 1. The summed E-state index contributed by atoms with van der Waals surface area (Å²) in [5.74, 6) is 6.37. The molecule has 3 aromatic rings. The summed E-state index contributed by atoms with van der Waals surface area (Å²) in [6.07, 6.45) is -0.748. The highest BCUT2D eigenvalue weighted by Crippen LogP contribution is 2.37. The maximum absolute atomic E-state index is 11.9. The number of nitrogens with one attached hydrogen (secondary N) is 1. The summed E-state index contributed by atoms with van der Waals surface area (Å²) < 4.78 is 5.55. The van der Waals surface area contributed by atoms with Crippen LogP contribution >= 0.6 is 0 Å². The first-order valence-corrected chi connectivity index (χ1v) is 8.90. The van der Waals surface area contributed by atoms with Gasteiger partial charge in [0, 0.05) is 11.1 Å². The van der Waals surface area contributed by atoms with Gasteiger partial charge in [0.15, 0.2) is 6.10 Å². The minimum absolute atomic E-state index is 0.238. The van der Waals surface area contributed by atoms with Crippen LogP contribution in [0.5, 0.6) is 0 Å². The molecule has 2 unspecified atom stereocenters. The summed E-state index contributed by atoms with van der Waals surface area (Å²) in [6.45, 7) is 2.03. The lowest BCUT2D eigenvalue weighted by Gasteiger charge is -2.18. The molecule has 132 valence electrons. The molecule has 0 aliphatic carbocycles. The van der Waals surface area contributed by atoms with Crippen LogP contribution in [0, 0.1) is 18.8 Å². The van der Waals surface area contributed by atoms with Gasteiger partial charge in [-0.05, 0) is 42.3 Å². The number of ether oxygens (including phenoxy) is 1. The number of hydrogen-bond donors (Lipinski definition) is 1. The average molecular weight is 353 g/mol. The van der Waals surface area contributed by atoms with Gasteiger partial charge in [-0.15, -0.1) is 0 Å². The van der Waals surface area contributed by atoms with Crippen molar-refractivity contribution in [3.8, 4) is 11.8 Å². The normalized spacial score (nSPS) is 18.2. The molecule has 3 aromatic carbocycles. The molecule has 1 aliphatic rings. The molecule has 0 saturated carbocycles. The smallest absolute Gasteiger partial charge is 0.408 e. The van der Waals surface area contributed by atoms with Gasteiger partial charge in [0.05, 0.1) is 6.04 Å². The monoisotopic (exact) mass is 353 g/mol. The molecular formula is C24H19NO2. The third-order valence-corrected chi connectivity index (χ3v) is 4.55. The Morgan fingerprint density at radius 3 is 2.33 bits per heavy atom. The van der Waals surface area contributed by atoms with Gasteiger partial charge < -0.3 is 10.1 Å². The molecule has 0 aromatic heterocycles. The lowest BCUT2D eigenvalue weighted by molar-refractivity contribution is 0.132. The van der Waals surface area contributed by atoms with Gasteiger partial charge in [0.2, 0.25) is 0 Å². The highest BCUT2D eigenvalue weighted by molar-refractivity contribution is 5.71. The highest BCUT2D eigenvalue weighted by atomic mass is 16.6. The zero-order chi connectivity index (χ0) is 18.6. The topological polar surface area (TPSA) is 38.3 Å². The molecule has 1 heterocycles. The van der Waals surface area contributed by atoms with Gasteiger partial charge >= 0.3 is 6.09 Å². The number of amides is 1. The SMILES string of the molecule is Cc1cccc(C2OC(=O)NC2c2cccc(C#Cc3ccccc3)c2)c1. The molecule has 0 spiro atoms. The molecule has 1 fully saturated rings. The van der Waals surface area contributed by atoms with Crippen LogP contribution in [0.2, 0.25) is 0 Å². The van der Waals surface area contributed by atoms with E-state index in [1.807, 2.05) is 79.7 Å². The second-order valence-corrected chi connectivity index (χ2v) is 6.60. The predicted molar refractivity (Wildman–Crippen MR) is 105 cm³/mol. The molecule has 1 N–H and O–H groups in total. The fourth-order valence-electron chi connectivity index (χ4n) is 3.26. The van der Waals surface area contributed by atoms with Gasteiger partial charge in [0.1, 0.15) is 0 Å². The number of rotatable bonds is 2. The number of carbonyl (C=O) groups excluding carboxylic acids is 1. The van der Waals surface area contributed by atoms with Crippen molar-refractivity contribution >= 4 is 6.09 Å². The first-order valence-electron chi connectivity index (χ1n) is 8.90. The molecule has 1 aliphatic heterocycles. The largest absolute Gasteiger partial charge is 0.439 e. The zero-order valence-electron chi connectivity index (χ0n) is 15.0. The maximum Gasteiger partial charge on any atom is 0.408 e. The standard InChI is InChI=1S/C24H19NO2/c1-17-7-5-12-21(15-17)23-22(25-24(26)27-23)20-11-6-10-19(16-20)14-13-18-8-3-2-4-9-18/h2-12,15-16,22-23H,1H3,(H,25,26). The molecule has 0 bridgehead atoms. The molecule has 0 radical (unpaired) electrons. The van der Waals surface area contributed by atoms with E-state index >= 15 is 0 Å². The van der Waals surface area contributed by atoms with Crippen LogP contribution in [0.3, 0.4) is 0 Å². The van der Waals surface area contributed by atoms with Gasteiger partial charge in [-0.3, -0.25) is 0 Å². The van der Waals surface area contributed by atoms with E-state index in [1.54, 1.807) is 0 Å². The third-order valence-electron chi connectivity index (χ3n) is 4.55. The molecule has 2 atom stereocenters. The lowest BCUT2D eigenvalue weighted by atomic mass is 9.94. The van der Waals surface area contributed by atoms with Crippen LogP contribution in [0.1, 0.15) is 40.0 Å². The van der Waals surface area contributed by atoms with E-state index < -0.39 is 6.09 Å². The minimum Gasteiger partial charge on any atom is -0.439 e. The Labute approximate surface area is 159 Å². The van der Waals surface area contributed by atoms with E-state index in [0.29, 0.717) is 0 Å². The van der Waals surface area contributed by atoms with Crippen molar-refractivity contribution in [2.24, 2.45) is 0 Å². The van der Waals surface area contributed by atoms with Gasteiger partial charge in [-0.25, -0.2) is 4.79 Å². The van der Waals surface area contributed by atoms with Crippen LogP contribution in [0.25, 0.3) is 0 Å². The fourth-order valence-corrected chi connectivity index (χ4v) is 3.26. The highest BCUT2D eigenvalue weighted by Gasteiger charge is 2.36. The van der Waals surface area contributed by atoms with E-state index in [-0.39, 0.29) is 12.1 Å². The summed E-state index contributed by atoms with van der Waals surface area (Å²) in [7, 11) is 0. The zero-order valence-corrected chi connectivity index (χ0v) is 15.0. The molecule has 1 amide bonds. The number of hydrogen-bond acceptors (Lipinski definition) is 2. The van der Waals surface area contributed by atoms with E-state index in [0.717, 1.165) is 27.8 Å². The first kappa shape index (κ1) is 16.9. The summed E-state index contributed by atoms with van der Waals surface area (Å²) in [5.41, 5.74) is 4.97. The van der Waals surface area contributed by atoms with Crippen molar-refractivity contribution in [3.63, 3.8) is 0 Å². The Kier molecular flexibility index (Phi) is 4.63. The Morgan fingerprint density at radius 2 is 1.52 bits per heavy atom. The van der Waals surface area contributed by atoms with Crippen LogP contribution in [0.15, 0.2) is 78.9 Å². The molecule has 27 heavy (non-hydrogen) atoms. The van der Waals surface area contributed by atoms with Crippen LogP contribution in [-0.2, 0) is 4.74 Å². The fraction of sp³-hybridized carbons (Fsp3) is 0.125. The van der Waals surface area contributed by atoms with E-state index in [9.17, 15) is 4.79 Å². The summed E-state index contributed by atoms with van der Waals surface area (Å²) in [6, 6.07) is 25.6. The molecule has 3 heteroatoms. The molecular weight excluding hydrogens is 334 g/mol. The molecule has 4 rings (SSSR count). The minimum atomic E-state index is -0.396. The summed E-state index contributed by atoms with van der Waals surface area (Å²) in [5, 5.41) is 2.93. The second kappa shape index (κ2) is 7.39.